The normalized spacial score (nSPS) is 15.2. The van der Waals surface area contributed by atoms with E-state index in [0.717, 1.165) is 0 Å². The number of carbonyl (C=O) groups is 1. The second-order valence-electron chi connectivity index (χ2n) is 5.28. The first-order valence-electron chi connectivity index (χ1n) is 7.52. The van der Waals surface area contributed by atoms with Crippen LogP contribution in [0.1, 0.15) is 5.76 Å². The van der Waals surface area contributed by atoms with E-state index in [1.165, 1.54) is 18.2 Å². The Labute approximate surface area is 138 Å². The van der Waals surface area contributed by atoms with Gasteiger partial charge in [-0.05, 0) is 36.4 Å². The smallest absolute Gasteiger partial charge is 0.264 e. The molecule has 2 heterocycles. The number of benzene rings is 1. The topological polar surface area (TPSA) is 66.5 Å². The summed E-state index contributed by atoms with van der Waals surface area (Å²) < 4.78 is 23.8. The summed E-state index contributed by atoms with van der Waals surface area (Å²) in [6.07, 6.45) is 1.42. The van der Waals surface area contributed by atoms with Crippen molar-refractivity contribution in [2.24, 2.45) is 0 Å². The molecular weight excluding hydrogens is 311 g/mol. The summed E-state index contributed by atoms with van der Waals surface area (Å²) in [5, 5.41) is 9.26. The van der Waals surface area contributed by atoms with Crippen molar-refractivity contribution in [3.8, 4) is 17.4 Å². The number of nitrogens with zero attached hydrogens (tertiary/aromatic N) is 2. The average molecular weight is 326 g/mol. The van der Waals surface area contributed by atoms with Crippen molar-refractivity contribution in [3.63, 3.8) is 0 Å². The highest BCUT2D eigenvalue weighted by Gasteiger charge is 2.21. The molecule has 0 spiro atoms. The maximum Gasteiger partial charge on any atom is 0.264 e. The fourth-order valence-electron chi connectivity index (χ4n) is 2.42. The highest BCUT2D eigenvalue weighted by Crippen LogP contribution is 2.24. The number of hydrogen-bond donors (Lipinski definition) is 0. The van der Waals surface area contributed by atoms with Crippen molar-refractivity contribution in [2.45, 2.75) is 0 Å². The lowest BCUT2D eigenvalue weighted by Gasteiger charge is -2.26. The number of morpholine rings is 1. The van der Waals surface area contributed by atoms with Crippen LogP contribution in [0.25, 0.3) is 17.4 Å². The van der Waals surface area contributed by atoms with Gasteiger partial charge in [-0.1, -0.05) is 0 Å². The number of carbonyl (C=O) groups excluding carboxylic acids is 1. The first-order valence-corrected chi connectivity index (χ1v) is 7.52. The molecule has 0 bridgehead atoms. The van der Waals surface area contributed by atoms with Crippen molar-refractivity contribution in [1.82, 2.24) is 4.90 Å². The Bertz CT molecular complexity index is 796. The number of amides is 1. The summed E-state index contributed by atoms with van der Waals surface area (Å²) in [7, 11) is 0. The minimum atomic E-state index is -0.333. The van der Waals surface area contributed by atoms with E-state index < -0.39 is 0 Å². The predicted octanol–water partition coefficient (Wildman–Crippen LogP) is 2.85. The van der Waals surface area contributed by atoms with Crippen molar-refractivity contribution >= 4 is 12.0 Å². The molecule has 3 rings (SSSR count). The van der Waals surface area contributed by atoms with Crippen LogP contribution in [0.3, 0.4) is 0 Å². The molecule has 0 N–H and O–H groups in total. The summed E-state index contributed by atoms with van der Waals surface area (Å²) in [6.45, 7) is 1.88. The Kier molecular flexibility index (Phi) is 4.73. The molecule has 0 atom stereocenters. The van der Waals surface area contributed by atoms with Gasteiger partial charge >= 0.3 is 0 Å². The molecule has 1 amide bonds. The Hall–Kier alpha value is -2.91. The maximum absolute atomic E-state index is 13.0. The van der Waals surface area contributed by atoms with Crippen LogP contribution in [0.5, 0.6) is 0 Å². The molecule has 24 heavy (non-hydrogen) atoms. The van der Waals surface area contributed by atoms with Crippen LogP contribution >= 0.6 is 0 Å². The quantitative estimate of drug-likeness (QED) is 0.642. The lowest BCUT2D eigenvalue weighted by molar-refractivity contribution is -0.130. The summed E-state index contributed by atoms with van der Waals surface area (Å²) in [6, 6.07) is 11.2. The summed E-state index contributed by atoms with van der Waals surface area (Å²) in [5.74, 6) is 0.277. The zero-order valence-electron chi connectivity index (χ0n) is 12.9. The van der Waals surface area contributed by atoms with Crippen LogP contribution in [0, 0.1) is 17.1 Å². The minimum Gasteiger partial charge on any atom is -0.457 e. The highest BCUT2D eigenvalue weighted by molar-refractivity contribution is 6.01. The Morgan fingerprint density at radius 3 is 2.54 bits per heavy atom. The van der Waals surface area contributed by atoms with E-state index in [1.807, 2.05) is 6.07 Å². The minimum absolute atomic E-state index is 0.0110. The zero-order valence-corrected chi connectivity index (χ0v) is 12.9. The largest absolute Gasteiger partial charge is 0.457 e. The van der Waals surface area contributed by atoms with E-state index in [1.54, 1.807) is 29.2 Å². The number of ether oxygens (including phenoxy) is 1. The van der Waals surface area contributed by atoms with Crippen LogP contribution in [0.15, 0.2) is 46.4 Å². The van der Waals surface area contributed by atoms with E-state index in [2.05, 4.69) is 0 Å². The molecule has 6 heteroatoms. The number of hydrogen-bond acceptors (Lipinski definition) is 4. The summed E-state index contributed by atoms with van der Waals surface area (Å²) in [4.78, 5) is 13.9. The van der Waals surface area contributed by atoms with E-state index >= 15 is 0 Å². The SMILES string of the molecule is N#C/C(=C\c1ccc(-c2ccc(F)cc2)o1)C(=O)N1CCOCC1. The third-order valence-electron chi connectivity index (χ3n) is 3.69. The predicted molar refractivity (Wildman–Crippen MR) is 85.1 cm³/mol. The van der Waals surface area contributed by atoms with Crippen molar-refractivity contribution in [2.75, 3.05) is 26.3 Å². The lowest BCUT2D eigenvalue weighted by atomic mass is 10.2. The average Bonchev–Trinajstić information content (AvgIpc) is 3.09. The van der Waals surface area contributed by atoms with Crippen LogP contribution in [-0.2, 0) is 9.53 Å². The molecular formula is C18H15FN2O3. The Morgan fingerprint density at radius 2 is 1.88 bits per heavy atom. The summed E-state index contributed by atoms with van der Waals surface area (Å²) in [5.41, 5.74) is 0.728. The molecule has 1 aromatic heterocycles. The lowest BCUT2D eigenvalue weighted by Crippen LogP contribution is -2.41. The van der Waals surface area contributed by atoms with Crippen LogP contribution in [0.4, 0.5) is 4.39 Å². The standard InChI is InChI=1S/C18H15FN2O3/c19-15-3-1-13(2-4-15)17-6-5-16(24-17)11-14(12-20)18(22)21-7-9-23-10-8-21/h1-6,11H,7-10H2/b14-11+. The van der Waals surface area contributed by atoms with Gasteiger partial charge in [0.25, 0.3) is 5.91 Å². The Morgan fingerprint density at radius 1 is 1.17 bits per heavy atom. The third kappa shape index (κ3) is 3.53. The number of furan rings is 1. The van der Waals surface area contributed by atoms with E-state index in [9.17, 15) is 14.4 Å². The zero-order chi connectivity index (χ0) is 16.9. The molecule has 5 nitrogen and oxygen atoms in total. The number of halogens is 1. The van der Waals surface area contributed by atoms with Gasteiger partial charge in [0.2, 0.25) is 0 Å². The Balaban J connectivity index is 1.80. The molecule has 1 aliphatic heterocycles. The molecule has 0 radical (unpaired) electrons. The van der Waals surface area contributed by atoms with Crippen LogP contribution < -0.4 is 0 Å². The van der Waals surface area contributed by atoms with Crippen molar-refractivity contribution in [1.29, 1.82) is 5.26 Å². The molecule has 122 valence electrons. The van der Waals surface area contributed by atoms with E-state index in [0.29, 0.717) is 43.4 Å². The third-order valence-corrected chi connectivity index (χ3v) is 3.69. The molecule has 1 aliphatic rings. The monoisotopic (exact) mass is 326 g/mol. The van der Waals surface area contributed by atoms with Gasteiger partial charge in [0.15, 0.2) is 0 Å². The first kappa shape index (κ1) is 16.0. The van der Waals surface area contributed by atoms with E-state index in [4.69, 9.17) is 9.15 Å². The first-order chi connectivity index (χ1) is 11.7. The fraction of sp³-hybridized carbons (Fsp3) is 0.222. The fourth-order valence-corrected chi connectivity index (χ4v) is 2.42. The molecule has 0 aliphatic carbocycles. The highest BCUT2D eigenvalue weighted by atomic mass is 19.1. The van der Waals surface area contributed by atoms with Crippen LogP contribution in [0.2, 0.25) is 0 Å². The summed E-state index contributed by atoms with van der Waals surface area (Å²) >= 11 is 0. The molecule has 1 saturated heterocycles. The van der Waals surface area contributed by atoms with Gasteiger partial charge in [0.1, 0.15) is 29.0 Å². The van der Waals surface area contributed by atoms with Gasteiger partial charge in [-0.2, -0.15) is 5.26 Å². The van der Waals surface area contributed by atoms with Gasteiger partial charge in [0.05, 0.1) is 13.2 Å². The van der Waals surface area contributed by atoms with Gasteiger partial charge < -0.3 is 14.1 Å². The molecule has 2 aromatic rings. The van der Waals surface area contributed by atoms with Gasteiger partial charge in [-0.3, -0.25) is 4.79 Å². The second-order valence-corrected chi connectivity index (χ2v) is 5.28. The van der Waals surface area contributed by atoms with Crippen molar-refractivity contribution in [3.05, 3.63) is 53.5 Å². The van der Waals surface area contributed by atoms with Gasteiger partial charge in [-0.15, -0.1) is 0 Å². The molecule has 1 aromatic carbocycles. The van der Waals surface area contributed by atoms with Crippen LogP contribution in [-0.4, -0.2) is 37.1 Å². The maximum atomic E-state index is 13.0. The number of rotatable bonds is 3. The molecule has 1 fully saturated rings. The van der Waals surface area contributed by atoms with Gasteiger partial charge in [0, 0.05) is 24.7 Å². The van der Waals surface area contributed by atoms with Crippen molar-refractivity contribution < 1.29 is 18.3 Å². The molecule has 0 saturated carbocycles. The second kappa shape index (κ2) is 7.11. The van der Waals surface area contributed by atoms with E-state index in [-0.39, 0.29) is 17.3 Å². The van der Waals surface area contributed by atoms with Gasteiger partial charge in [-0.25, -0.2) is 4.39 Å². The number of nitriles is 1. The molecule has 0 unspecified atom stereocenters.